The highest BCUT2D eigenvalue weighted by molar-refractivity contribution is 5.88. The number of fused-ring (bicyclic) bond motifs is 1. The predicted octanol–water partition coefficient (Wildman–Crippen LogP) is 2.87. The number of hydrogen-bond acceptors (Lipinski definition) is 2. The van der Waals surface area contributed by atoms with Crippen LogP contribution < -0.4 is 5.32 Å². The zero-order chi connectivity index (χ0) is 11.0. The summed E-state index contributed by atoms with van der Waals surface area (Å²) < 4.78 is 27.0. The summed E-state index contributed by atoms with van der Waals surface area (Å²) in [5, 5.41) is 12.0. The smallest absolute Gasteiger partial charge is 0.172 e. The predicted molar refractivity (Wildman–Crippen MR) is 55.1 cm³/mol. The van der Waals surface area contributed by atoms with Gasteiger partial charge in [-0.2, -0.15) is 0 Å². The minimum Gasteiger partial charge on any atom is -0.505 e. The molecule has 0 saturated carbocycles. The molecule has 0 saturated heterocycles. The number of aromatic hydroxyl groups is 1. The second kappa shape index (κ2) is 3.38. The molecular weight excluding hydrogens is 200 g/mol. The lowest BCUT2D eigenvalue weighted by atomic mass is 10.1. The molecular formula is C11H9F2NO. The third-order valence-corrected chi connectivity index (χ3v) is 2.32. The molecule has 2 rings (SSSR count). The van der Waals surface area contributed by atoms with Crippen LogP contribution >= 0.6 is 0 Å². The average molecular weight is 209 g/mol. The van der Waals surface area contributed by atoms with Gasteiger partial charge in [0.25, 0.3) is 0 Å². The molecule has 4 heteroatoms. The maximum Gasteiger partial charge on any atom is 0.172 e. The molecule has 0 radical (unpaired) electrons. The van der Waals surface area contributed by atoms with Crippen LogP contribution in [0.15, 0.2) is 24.3 Å². The van der Waals surface area contributed by atoms with Crippen LogP contribution in [-0.2, 0) is 0 Å². The number of nitrogens with one attached hydrogen (secondary N) is 1. The maximum atomic E-state index is 13.7. The number of phenolic OH excluding ortho intramolecular Hbond substituents is 1. The zero-order valence-corrected chi connectivity index (χ0v) is 8.01. The molecule has 2 aromatic carbocycles. The fraction of sp³-hybridized carbons (Fsp3) is 0.0909. The molecule has 0 aromatic heterocycles. The average Bonchev–Trinajstić information content (AvgIpc) is 2.24. The van der Waals surface area contributed by atoms with Gasteiger partial charge in [0, 0.05) is 17.8 Å². The van der Waals surface area contributed by atoms with E-state index in [-0.39, 0.29) is 10.8 Å². The molecule has 15 heavy (non-hydrogen) atoms. The molecule has 0 fully saturated rings. The van der Waals surface area contributed by atoms with Crippen molar-refractivity contribution in [2.45, 2.75) is 0 Å². The molecule has 0 amide bonds. The molecule has 0 unspecified atom stereocenters. The fourth-order valence-corrected chi connectivity index (χ4v) is 1.51. The van der Waals surface area contributed by atoms with Gasteiger partial charge in [0.1, 0.15) is 0 Å². The minimum atomic E-state index is -0.797. The molecule has 2 N–H and O–H groups in total. The largest absolute Gasteiger partial charge is 0.505 e. The Morgan fingerprint density at radius 2 is 1.60 bits per heavy atom. The Kier molecular flexibility index (Phi) is 2.19. The van der Waals surface area contributed by atoms with Crippen LogP contribution in [-0.4, -0.2) is 12.2 Å². The van der Waals surface area contributed by atoms with Crippen LogP contribution in [0.4, 0.5) is 14.5 Å². The standard InChI is InChI=1S/C11H9F2NO/c1-14-8-4-2-7-6(10(8)12)3-5-9(15)11(7)13/h2-5,14-15H,1H3. The summed E-state index contributed by atoms with van der Waals surface area (Å²) >= 11 is 0. The van der Waals surface area contributed by atoms with Crippen LogP contribution in [0.1, 0.15) is 0 Å². The Hall–Kier alpha value is -1.84. The molecule has 0 bridgehead atoms. The van der Waals surface area contributed by atoms with Crippen LogP contribution in [0, 0.1) is 11.6 Å². The van der Waals surface area contributed by atoms with Gasteiger partial charge in [0.05, 0.1) is 5.69 Å². The zero-order valence-electron chi connectivity index (χ0n) is 8.01. The summed E-state index contributed by atoms with van der Waals surface area (Å²) in [4.78, 5) is 0. The lowest BCUT2D eigenvalue weighted by Gasteiger charge is -2.07. The molecule has 0 aliphatic heterocycles. The van der Waals surface area contributed by atoms with Crippen molar-refractivity contribution in [1.82, 2.24) is 0 Å². The second-order valence-electron chi connectivity index (χ2n) is 3.17. The van der Waals surface area contributed by atoms with Crippen molar-refractivity contribution in [2.24, 2.45) is 0 Å². The lowest BCUT2D eigenvalue weighted by molar-refractivity contribution is 0.436. The van der Waals surface area contributed by atoms with E-state index in [9.17, 15) is 8.78 Å². The van der Waals surface area contributed by atoms with E-state index in [1.54, 1.807) is 7.05 Å². The van der Waals surface area contributed by atoms with Gasteiger partial charge in [-0.25, -0.2) is 8.78 Å². The van der Waals surface area contributed by atoms with Crippen molar-refractivity contribution >= 4 is 16.5 Å². The fourth-order valence-electron chi connectivity index (χ4n) is 1.51. The van der Waals surface area contributed by atoms with Crippen LogP contribution in [0.25, 0.3) is 10.8 Å². The van der Waals surface area contributed by atoms with E-state index >= 15 is 0 Å². The Morgan fingerprint density at radius 1 is 1.00 bits per heavy atom. The molecule has 0 aliphatic rings. The summed E-state index contributed by atoms with van der Waals surface area (Å²) in [6.07, 6.45) is 0. The van der Waals surface area contributed by atoms with Gasteiger partial charge in [-0.3, -0.25) is 0 Å². The Labute approximate surface area is 85.2 Å². The van der Waals surface area contributed by atoms with Gasteiger partial charge < -0.3 is 10.4 Å². The monoisotopic (exact) mass is 209 g/mol. The van der Waals surface area contributed by atoms with Crippen LogP contribution in [0.5, 0.6) is 5.75 Å². The summed E-state index contributed by atoms with van der Waals surface area (Å²) in [6, 6.07) is 5.35. The van der Waals surface area contributed by atoms with Crippen molar-refractivity contribution in [3.63, 3.8) is 0 Å². The van der Waals surface area contributed by atoms with E-state index in [1.807, 2.05) is 0 Å². The first-order chi connectivity index (χ1) is 7.15. The Balaban J connectivity index is 2.85. The highest BCUT2D eigenvalue weighted by atomic mass is 19.1. The third-order valence-electron chi connectivity index (χ3n) is 2.32. The summed E-state index contributed by atoms with van der Waals surface area (Å²) in [5.41, 5.74) is 0.299. The molecule has 0 heterocycles. The maximum absolute atomic E-state index is 13.7. The number of halogens is 2. The second-order valence-corrected chi connectivity index (χ2v) is 3.17. The van der Waals surface area contributed by atoms with Crippen molar-refractivity contribution in [3.05, 3.63) is 35.9 Å². The normalized spacial score (nSPS) is 10.6. The SMILES string of the molecule is CNc1ccc2c(F)c(O)ccc2c1F. The lowest BCUT2D eigenvalue weighted by Crippen LogP contribution is -1.94. The van der Waals surface area contributed by atoms with Gasteiger partial charge in [-0.15, -0.1) is 0 Å². The van der Waals surface area contributed by atoms with Crippen LogP contribution in [0.3, 0.4) is 0 Å². The number of hydrogen-bond donors (Lipinski definition) is 2. The van der Waals surface area contributed by atoms with Gasteiger partial charge in [0.2, 0.25) is 0 Å². The summed E-state index contributed by atoms with van der Waals surface area (Å²) in [6.45, 7) is 0. The Bertz CT molecular complexity index is 525. The first kappa shape index (κ1) is 9.71. The highest BCUT2D eigenvalue weighted by Gasteiger charge is 2.11. The van der Waals surface area contributed by atoms with Gasteiger partial charge in [0.15, 0.2) is 17.4 Å². The van der Waals surface area contributed by atoms with Crippen molar-refractivity contribution in [3.8, 4) is 5.75 Å². The van der Waals surface area contributed by atoms with Gasteiger partial charge in [-0.05, 0) is 24.3 Å². The highest BCUT2D eigenvalue weighted by Crippen LogP contribution is 2.30. The minimum absolute atomic E-state index is 0.0755. The van der Waals surface area contributed by atoms with Gasteiger partial charge >= 0.3 is 0 Å². The van der Waals surface area contributed by atoms with E-state index in [4.69, 9.17) is 5.11 Å². The number of benzene rings is 2. The number of anilines is 1. The van der Waals surface area contributed by atoms with Gasteiger partial charge in [-0.1, -0.05) is 0 Å². The first-order valence-electron chi connectivity index (χ1n) is 4.42. The molecule has 78 valence electrons. The molecule has 2 aromatic rings. The quantitative estimate of drug-likeness (QED) is 0.756. The summed E-state index contributed by atoms with van der Waals surface area (Å²) in [7, 11) is 1.58. The Morgan fingerprint density at radius 3 is 2.27 bits per heavy atom. The third kappa shape index (κ3) is 1.38. The van der Waals surface area contributed by atoms with Crippen molar-refractivity contribution < 1.29 is 13.9 Å². The van der Waals surface area contributed by atoms with E-state index in [0.29, 0.717) is 5.69 Å². The summed E-state index contributed by atoms with van der Waals surface area (Å²) in [5.74, 6) is -1.79. The molecule has 2 nitrogen and oxygen atoms in total. The van der Waals surface area contributed by atoms with Crippen molar-refractivity contribution in [2.75, 3.05) is 12.4 Å². The number of phenols is 1. The molecule has 0 spiro atoms. The first-order valence-corrected chi connectivity index (χ1v) is 4.42. The number of rotatable bonds is 1. The van der Waals surface area contributed by atoms with E-state index in [1.165, 1.54) is 18.2 Å². The van der Waals surface area contributed by atoms with Crippen LogP contribution in [0.2, 0.25) is 0 Å². The molecule has 0 aliphatic carbocycles. The molecule has 0 atom stereocenters. The van der Waals surface area contributed by atoms with E-state index < -0.39 is 17.4 Å². The topological polar surface area (TPSA) is 32.3 Å². The van der Waals surface area contributed by atoms with E-state index in [2.05, 4.69) is 5.32 Å². The van der Waals surface area contributed by atoms with Crippen molar-refractivity contribution in [1.29, 1.82) is 0 Å². The van der Waals surface area contributed by atoms with E-state index in [0.717, 1.165) is 6.07 Å².